The van der Waals surface area contributed by atoms with E-state index in [1.54, 1.807) is 26.2 Å². The summed E-state index contributed by atoms with van der Waals surface area (Å²) in [5, 5.41) is 5.67. The van der Waals surface area contributed by atoms with E-state index < -0.39 is 12.1 Å². The Labute approximate surface area is 358 Å². The molecule has 3 amide bonds. The molecule has 4 heterocycles. The normalized spacial score (nSPS) is 15.8. The molecule has 2 aliphatic heterocycles. The molecule has 3 aromatic carbocycles. The Morgan fingerprint density at radius 3 is 1.64 bits per heavy atom. The number of H-pyrrole nitrogens is 2. The van der Waals surface area contributed by atoms with Crippen LogP contribution in [0.4, 0.5) is 4.79 Å². The number of amides is 3. The van der Waals surface area contributed by atoms with E-state index >= 15 is 0 Å². The van der Waals surface area contributed by atoms with Gasteiger partial charge in [0, 0.05) is 27.3 Å². The molecule has 15 heteroatoms. The molecule has 4 N–H and O–H groups in total. The highest BCUT2D eigenvalue weighted by Crippen LogP contribution is 2.35. The van der Waals surface area contributed by atoms with Crippen LogP contribution < -0.4 is 10.6 Å². The van der Waals surface area contributed by atoms with Gasteiger partial charge in [-0.2, -0.15) is 0 Å². The highest BCUT2D eigenvalue weighted by molar-refractivity contribution is 5.87. The first-order valence-electron chi connectivity index (χ1n) is 20.5. The topological polar surface area (TPSA) is 184 Å². The van der Waals surface area contributed by atoms with Crippen molar-refractivity contribution < 1.29 is 33.4 Å². The SMILES string of the molecule is CCC.CNCC(=O)N1CCCC1c1ncc(-c2ccc(-c3ccc(-c4cnc(C5CCCN5C(=O)C(NC(=O)OC)c5ccccc5)[nH]4)cc3)cc2)[nH]1.COC.COC=O. The maximum Gasteiger partial charge on any atom is 0.407 e. The van der Waals surface area contributed by atoms with Gasteiger partial charge in [-0.25, -0.2) is 14.8 Å². The van der Waals surface area contributed by atoms with Crippen molar-refractivity contribution in [2.45, 2.75) is 64.1 Å². The van der Waals surface area contributed by atoms with Crippen molar-refractivity contribution in [3.05, 3.63) is 108 Å². The Hall–Kier alpha value is -6.32. The molecule has 0 radical (unpaired) electrons. The van der Waals surface area contributed by atoms with E-state index in [4.69, 9.17) is 14.5 Å². The minimum Gasteiger partial charge on any atom is -0.471 e. The maximum atomic E-state index is 13.8. The van der Waals surface area contributed by atoms with Crippen molar-refractivity contribution in [2.24, 2.45) is 0 Å². The quantitative estimate of drug-likeness (QED) is 0.0989. The number of nitrogens with zero attached hydrogens (tertiary/aromatic N) is 4. The van der Waals surface area contributed by atoms with Gasteiger partial charge in [-0.15, -0.1) is 0 Å². The molecule has 5 aromatic rings. The molecule has 2 aromatic heterocycles. The number of ether oxygens (including phenoxy) is 3. The number of benzene rings is 3. The molecule has 15 nitrogen and oxygen atoms in total. The average molecular weight is 837 g/mol. The molecular weight excluding hydrogens is 777 g/mol. The Balaban J connectivity index is 0.000000745. The monoisotopic (exact) mass is 836 g/mol. The number of aromatic amines is 2. The molecule has 326 valence electrons. The Kier molecular flexibility index (Phi) is 19.2. The van der Waals surface area contributed by atoms with Gasteiger partial charge in [-0.1, -0.05) is 99.1 Å². The summed E-state index contributed by atoms with van der Waals surface area (Å²) in [6, 6.07) is 24.7. The lowest BCUT2D eigenvalue weighted by Crippen LogP contribution is -2.42. The lowest BCUT2D eigenvalue weighted by atomic mass is 10.0. The van der Waals surface area contributed by atoms with Crippen LogP contribution in [0.25, 0.3) is 33.6 Å². The van der Waals surface area contributed by atoms with Crippen LogP contribution in [0.5, 0.6) is 0 Å². The largest absolute Gasteiger partial charge is 0.471 e. The molecule has 2 fully saturated rings. The van der Waals surface area contributed by atoms with Gasteiger partial charge in [0.15, 0.2) is 0 Å². The van der Waals surface area contributed by atoms with Crippen LogP contribution in [-0.4, -0.2) is 109 Å². The minimum absolute atomic E-state index is 0.0229. The van der Waals surface area contributed by atoms with Crippen molar-refractivity contribution in [3.8, 4) is 33.6 Å². The number of carbonyl (C=O) groups excluding carboxylic acids is 4. The van der Waals surface area contributed by atoms with Crippen molar-refractivity contribution in [2.75, 3.05) is 55.1 Å². The van der Waals surface area contributed by atoms with Crippen molar-refractivity contribution in [1.82, 2.24) is 40.4 Å². The van der Waals surface area contributed by atoms with E-state index in [0.717, 1.165) is 71.7 Å². The van der Waals surface area contributed by atoms with Gasteiger partial charge in [0.2, 0.25) is 5.91 Å². The number of aromatic nitrogens is 4. The lowest BCUT2D eigenvalue weighted by molar-refractivity contribution is -0.134. The minimum atomic E-state index is -0.865. The second kappa shape index (κ2) is 24.7. The van der Waals surface area contributed by atoms with Crippen LogP contribution >= 0.6 is 0 Å². The fourth-order valence-corrected chi connectivity index (χ4v) is 7.18. The fraction of sp³-hybridized carbons (Fsp3) is 0.391. The van der Waals surface area contributed by atoms with E-state index in [-0.39, 0.29) is 23.9 Å². The van der Waals surface area contributed by atoms with E-state index in [1.807, 2.05) is 47.6 Å². The van der Waals surface area contributed by atoms with Gasteiger partial charge in [-0.05, 0) is 60.5 Å². The first-order valence-corrected chi connectivity index (χ1v) is 20.5. The number of hydrogen-bond acceptors (Lipinski definition) is 10. The highest BCUT2D eigenvalue weighted by Gasteiger charge is 2.37. The summed E-state index contributed by atoms with van der Waals surface area (Å²) in [6.07, 6.45) is 7.71. The van der Waals surface area contributed by atoms with Gasteiger partial charge < -0.3 is 44.6 Å². The second-order valence-electron chi connectivity index (χ2n) is 14.4. The second-order valence-corrected chi connectivity index (χ2v) is 14.4. The zero-order chi connectivity index (χ0) is 44.1. The molecule has 3 unspecified atom stereocenters. The summed E-state index contributed by atoms with van der Waals surface area (Å²) < 4.78 is 12.9. The van der Waals surface area contributed by atoms with Gasteiger partial charge in [-0.3, -0.25) is 14.4 Å². The number of imidazole rings is 2. The van der Waals surface area contributed by atoms with Gasteiger partial charge >= 0.3 is 6.09 Å². The number of rotatable bonds is 11. The molecule has 0 saturated carbocycles. The molecular formula is C46H60N8O7. The van der Waals surface area contributed by atoms with Gasteiger partial charge in [0.1, 0.15) is 17.7 Å². The molecule has 61 heavy (non-hydrogen) atoms. The number of likely N-dealkylation sites (N-methyl/N-ethyl adjacent to an activating group) is 1. The Morgan fingerprint density at radius 1 is 0.754 bits per heavy atom. The van der Waals surface area contributed by atoms with Crippen molar-refractivity contribution >= 4 is 24.4 Å². The van der Waals surface area contributed by atoms with Crippen LogP contribution in [0.2, 0.25) is 0 Å². The van der Waals surface area contributed by atoms with Crippen LogP contribution in [-0.2, 0) is 28.6 Å². The predicted molar refractivity (Wildman–Crippen MR) is 235 cm³/mol. The number of methoxy groups -OCH3 is 3. The summed E-state index contributed by atoms with van der Waals surface area (Å²) in [7, 11) is 7.63. The number of hydrogen-bond donors (Lipinski definition) is 4. The van der Waals surface area contributed by atoms with Gasteiger partial charge in [0.05, 0.1) is 56.6 Å². The van der Waals surface area contributed by atoms with Gasteiger partial charge in [0.25, 0.3) is 12.4 Å². The highest BCUT2D eigenvalue weighted by atomic mass is 16.5. The molecule has 0 spiro atoms. The molecule has 2 aliphatic rings. The smallest absolute Gasteiger partial charge is 0.407 e. The number of nitrogens with one attached hydrogen (secondary N) is 4. The average Bonchev–Trinajstić information content (AvgIpc) is 4.14. The molecule has 0 bridgehead atoms. The van der Waals surface area contributed by atoms with Crippen LogP contribution in [0.1, 0.15) is 81.3 Å². The zero-order valence-corrected chi connectivity index (χ0v) is 36.3. The molecule has 0 aliphatic carbocycles. The fourth-order valence-electron chi connectivity index (χ4n) is 7.18. The third-order valence-corrected chi connectivity index (χ3v) is 9.91. The zero-order valence-electron chi connectivity index (χ0n) is 36.3. The van der Waals surface area contributed by atoms with Crippen LogP contribution in [0.3, 0.4) is 0 Å². The number of likely N-dealkylation sites (tertiary alicyclic amines) is 2. The summed E-state index contributed by atoms with van der Waals surface area (Å²) in [6.45, 7) is 6.27. The van der Waals surface area contributed by atoms with Crippen LogP contribution in [0, 0.1) is 0 Å². The van der Waals surface area contributed by atoms with E-state index in [2.05, 4.69) is 97.4 Å². The number of carbonyl (C=O) groups is 4. The standard InChI is InChI=1S/C39H42N8O4.C3H8.C2H4O2.C2H6O/c1-40-24-34(48)46-20-6-10-32(46)36-41-22-30(43-36)27-16-12-25(13-17-27)26-14-18-28(19-15-26)31-23-42-37(44-31)33-11-7-21-47(33)38(49)35(45-39(50)51-2)29-8-4-3-5-9-29;1-3-2;1-4-2-3;1-3-2/h3-5,8-9,12-19,22-23,32-33,35,40H,6-7,10-11,20-21,24H2,1-2H3,(H,41,43)(H,42,44)(H,45,50);3H2,1-2H3;2H,1H3;1-2H3. The maximum absolute atomic E-state index is 13.8. The summed E-state index contributed by atoms with van der Waals surface area (Å²) in [5.41, 5.74) is 6.66. The Morgan fingerprint density at radius 2 is 1.20 bits per heavy atom. The molecule has 3 atom stereocenters. The van der Waals surface area contributed by atoms with E-state index in [1.165, 1.54) is 20.6 Å². The summed E-state index contributed by atoms with van der Waals surface area (Å²) in [4.78, 5) is 67.5. The van der Waals surface area contributed by atoms with Crippen LogP contribution in [0.15, 0.2) is 91.3 Å². The first kappa shape index (κ1) is 47.4. The summed E-state index contributed by atoms with van der Waals surface area (Å²) >= 11 is 0. The van der Waals surface area contributed by atoms with Crippen molar-refractivity contribution in [3.63, 3.8) is 0 Å². The van der Waals surface area contributed by atoms with Crippen molar-refractivity contribution in [1.29, 1.82) is 0 Å². The number of alkyl carbamates (subject to hydrolysis) is 1. The lowest BCUT2D eigenvalue weighted by Gasteiger charge is -2.28. The Bertz CT molecular complexity index is 2080. The van der Waals surface area contributed by atoms with E-state index in [0.29, 0.717) is 30.9 Å². The van der Waals surface area contributed by atoms with E-state index in [9.17, 15) is 14.4 Å². The third-order valence-electron chi connectivity index (χ3n) is 9.91. The third kappa shape index (κ3) is 12.8. The molecule has 2 saturated heterocycles. The molecule has 7 rings (SSSR count). The summed E-state index contributed by atoms with van der Waals surface area (Å²) in [5.74, 6) is 1.44. The first-order chi connectivity index (χ1) is 29.7. The predicted octanol–water partition coefficient (Wildman–Crippen LogP) is 7.25.